The summed E-state index contributed by atoms with van der Waals surface area (Å²) in [5.74, 6) is 1.40. The van der Waals surface area contributed by atoms with E-state index in [9.17, 15) is 9.59 Å². The van der Waals surface area contributed by atoms with Crippen molar-refractivity contribution in [3.8, 4) is 0 Å². The zero-order valence-electron chi connectivity index (χ0n) is 15.5. The third kappa shape index (κ3) is 3.30. The van der Waals surface area contributed by atoms with Crippen LogP contribution in [0.25, 0.3) is 0 Å². The molecule has 4 aliphatic carbocycles. The fourth-order valence-electron chi connectivity index (χ4n) is 6.07. The van der Waals surface area contributed by atoms with Crippen molar-refractivity contribution in [3.05, 3.63) is 28.2 Å². The van der Waals surface area contributed by atoms with Gasteiger partial charge in [0.2, 0.25) is 0 Å². The lowest BCUT2D eigenvalue weighted by molar-refractivity contribution is -0.138. The number of hydrogen-bond acceptors (Lipinski definition) is 2. The Morgan fingerprint density at radius 2 is 1.65 bits per heavy atom. The van der Waals surface area contributed by atoms with Crippen LogP contribution in [0, 0.1) is 30.1 Å². The van der Waals surface area contributed by atoms with Crippen molar-refractivity contribution in [2.24, 2.45) is 23.2 Å². The van der Waals surface area contributed by atoms with Gasteiger partial charge in [-0.3, -0.25) is 9.59 Å². The Bertz CT molecular complexity index is 710. The van der Waals surface area contributed by atoms with Crippen LogP contribution < -0.4 is 10.6 Å². The Morgan fingerprint density at radius 3 is 2.19 bits per heavy atom. The normalized spacial score (nSPS) is 33.0. The molecular weight excluding hydrogens is 392 g/mol. The van der Waals surface area contributed by atoms with Crippen molar-refractivity contribution < 1.29 is 9.59 Å². The lowest BCUT2D eigenvalue weighted by Crippen LogP contribution is -2.57. The molecular formula is C21H27BrN2O2. The first-order valence-corrected chi connectivity index (χ1v) is 10.5. The zero-order chi connectivity index (χ0) is 18.5. The molecule has 0 aliphatic heterocycles. The van der Waals surface area contributed by atoms with Crippen molar-refractivity contribution in [1.29, 1.82) is 0 Å². The number of amides is 2. The molecule has 5 rings (SSSR count). The molecule has 0 aromatic heterocycles. The van der Waals surface area contributed by atoms with E-state index in [0.717, 1.165) is 27.8 Å². The summed E-state index contributed by atoms with van der Waals surface area (Å²) in [5, 5.41) is 5.77. The molecule has 0 spiro atoms. The fraction of sp³-hybridized carbons (Fsp3) is 0.619. The SMILES string of the molecule is Cc1cc(Br)ccc1NC(=O)C(=O)NC(C)C12CC3CC(CC(C3)C1)C2. The topological polar surface area (TPSA) is 58.2 Å². The van der Waals surface area contributed by atoms with Crippen molar-refractivity contribution >= 4 is 33.4 Å². The van der Waals surface area contributed by atoms with E-state index in [1.54, 1.807) is 0 Å². The highest BCUT2D eigenvalue weighted by molar-refractivity contribution is 9.10. The van der Waals surface area contributed by atoms with Crippen molar-refractivity contribution in [3.63, 3.8) is 0 Å². The molecule has 0 saturated heterocycles. The molecule has 1 atom stereocenters. The summed E-state index contributed by atoms with van der Waals surface area (Å²) >= 11 is 3.41. The van der Waals surface area contributed by atoms with Crippen molar-refractivity contribution in [2.75, 3.05) is 5.32 Å². The number of hydrogen-bond donors (Lipinski definition) is 2. The second kappa shape index (κ2) is 6.66. The lowest BCUT2D eigenvalue weighted by atomic mass is 9.48. The average molecular weight is 419 g/mol. The van der Waals surface area contributed by atoms with Gasteiger partial charge < -0.3 is 10.6 Å². The molecule has 4 bridgehead atoms. The van der Waals surface area contributed by atoms with Gasteiger partial charge >= 0.3 is 11.8 Å². The van der Waals surface area contributed by atoms with E-state index >= 15 is 0 Å². The standard InChI is InChI=1S/C21H27BrN2O2/c1-12-5-17(22)3-4-18(12)24-20(26)19(25)23-13(2)21-9-14-6-15(10-21)8-16(7-14)11-21/h3-5,13-16H,6-11H2,1-2H3,(H,23,25)(H,24,26). The third-order valence-corrected chi connectivity index (χ3v) is 7.49. The van der Waals surface area contributed by atoms with Crippen molar-refractivity contribution in [2.45, 2.75) is 58.4 Å². The molecule has 2 N–H and O–H groups in total. The minimum atomic E-state index is -0.577. The summed E-state index contributed by atoms with van der Waals surface area (Å²) in [6.07, 6.45) is 7.78. The fourth-order valence-corrected chi connectivity index (χ4v) is 6.55. The molecule has 4 saturated carbocycles. The van der Waals surface area contributed by atoms with Crippen molar-refractivity contribution in [1.82, 2.24) is 5.32 Å². The number of carbonyl (C=O) groups excluding carboxylic acids is 2. The maximum Gasteiger partial charge on any atom is 0.313 e. The van der Waals surface area contributed by atoms with E-state index < -0.39 is 11.8 Å². The van der Waals surface area contributed by atoms with Crippen LogP contribution in [0.1, 0.15) is 51.0 Å². The summed E-state index contributed by atoms with van der Waals surface area (Å²) in [6, 6.07) is 5.65. The summed E-state index contributed by atoms with van der Waals surface area (Å²) < 4.78 is 0.952. The maximum atomic E-state index is 12.5. The Hall–Kier alpha value is -1.36. The first kappa shape index (κ1) is 18.0. The smallest absolute Gasteiger partial charge is 0.313 e. The monoisotopic (exact) mass is 418 g/mol. The minimum absolute atomic E-state index is 0.0557. The molecule has 4 fully saturated rings. The van der Waals surface area contributed by atoms with Crippen LogP contribution in [-0.2, 0) is 9.59 Å². The Morgan fingerprint density at radius 1 is 1.08 bits per heavy atom. The van der Waals surface area contributed by atoms with Gasteiger partial charge in [0.15, 0.2) is 0 Å². The highest BCUT2D eigenvalue weighted by Crippen LogP contribution is 2.61. The predicted molar refractivity (Wildman–Crippen MR) is 106 cm³/mol. The summed E-state index contributed by atoms with van der Waals surface area (Å²) in [7, 11) is 0. The largest absolute Gasteiger partial charge is 0.345 e. The number of anilines is 1. The highest BCUT2D eigenvalue weighted by atomic mass is 79.9. The summed E-state index contributed by atoms with van der Waals surface area (Å²) in [4.78, 5) is 24.9. The first-order chi connectivity index (χ1) is 12.3. The van der Waals surface area contributed by atoms with Gasteiger partial charge in [0, 0.05) is 16.2 Å². The van der Waals surface area contributed by atoms with E-state index in [0.29, 0.717) is 5.69 Å². The quantitative estimate of drug-likeness (QED) is 0.713. The number of rotatable bonds is 3. The van der Waals surface area contributed by atoms with E-state index in [1.165, 1.54) is 38.5 Å². The summed E-state index contributed by atoms with van der Waals surface area (Å²) in [5.41, 5.74) is 1.81. The molecule has 0 heterocycles. The zero-order valence-corrected chi connectivity index (χ0v) is 17.1. The van der Waals surface area contributed by atoms with Crippen LogP contribution in [0.5, 0.6) is 0 Å². The van der Waals surface area contributed by atoms with Gasteiger partial charge in [0.05, 0.1) is 0 Å². The molecule has 26 heavy (non-hydrogen) atoms. The molecule has 0 radical (unpaired) electrons. The van der Waals surface area contributed by atoms with Crippen LogP contribution in [0.2, 0.25) is 0 Å². The number of carbonyl (C=O) groups is 2. The van der Waals surface area contributed by atoms with Gasteiger partial charge in [0.1, 0.15) is 0 Å². The van der Waals surface area contributed by atoms with Gasteiger partial charge in [-0.1, -0.05) is 15.9 Å². The number of benzene rings is 1. The number of aryl methyl sites for hydroxylation is 1. The van der Waals surface area contributed by atoms with Gasteiger partial charge in [-0.25, -0.2) is 0 Å². The Labute approximate surface area is 163 Å². The molecule has 140 valence electrons. The molecule has 1 unspecified atom stereocenters. The van der Waals surface area contributed by atoms with Crippen LogP contribution >= 0.6 is 15.9 Å². The van der Waals surface area contributed by atoms with Gasteiger partial charge in [-0.2, -0.15) is 0 Å². The second-order valence-electron chi connectivity index (χ2n) is 8.89. The molecule has 4 nitrogen and oxygen atoms in total. The highest BCUT2D eigenvalue weighted by Gasteiger charge is 2.53. The van der Waals surface area contributed by atoms with Gasteiger partial charge in [-0.15, -0.1) is 0 Å². The molecule has 4 aliphatic rings. The third-order valence-electron chi connectivity index (χ3n) is 6.99. The average Bonchev–Trinajstić information content (AvgIpc) is 2.56. The molecule has 1 aromatic carbocycles. The van der Waals surface area contributed by atoms with Gasteiger partial charge in [-0.05, 0) is 99.3 Å². The van der Waals surface area contributed by atoms with Crippen LogP contribution in [-0.4, -0.2) is 17.9 Å². The van der Waals surface area contributed by atoms with Crippen LogP contribution in [0.4, 0.5) is 5.69 Å². The molecule has 1 aromatic rings. The van der Waals surface area contributed by atoms with Crippen LogP contribution in [0.3, 0.4) is 0 Å². The Kier molecular flexibility index (Phi) is 4.62. The first-order valence-electron chi connectivity index (χ1n) is 9.72. The van der Waals surface area contributed by atoms with E-state index in [1.807, 2.05) is 25.1 Å². The summed E-state index contributed by atoms with van der Waals surface area (Å²) in [6.45, 7) is 4.01. The number of halogens is 1. The Balaban J connectivity index is 1.40. The van der Waals surface area contributed by atoms with Crippen LogP contribution in [0.15, 0.2) is 22.7 Å². The van der Waals surface area contributed by atoms with E-state index in [4.69, 9.17) is 0 Å². The predicted octanol–water partition coefficient (Wildman–Crippen LogP) is 4.42. The minimum Gasteiger partial charge on any atom is -0.345 e. The van der Waals surface area contributed by atoms with E-state index in [2.05, 4.69) is 33.5 Å². The molecule has 2 amide bonds. The lowest BCUT2D eigenvalue weighted by Gasteiger charge is -2.59. The second-order valence-corrected chi connectivity index (χ2v) is 9.80. The molecule has 5 heteroatoms. The van der Waals surface area contributed by atoms with E-state index in [-0.39, 0.29) is 11.5 Å². The maximum absolute atomic E-state index is 12.5. The van der Waals surface area contributed by atoms with Gasteiger partial charge in [0.25, 0.3) is 0 Å². The number of nitrogens with one attached hydrogen (secondary N) is 2.